The second-order valence-electron chi connectivity index (χ2n) is 32.5. The van der Waals surface area contributed by atoms with E-state index in [2.05, 4.69) is 60.8 Å². The molecule has 6 heterocycles. The van der Waals surface area contributed by atoms with Crippen LogP contribution in [0.4, 0.5) is 19.2 Å². The Bertz CT molecular complexity index is 2880. The second kappa shape index (κ2) is 59.9. The molecule has 6 saturated heterocycles. The molecule has 33 nitrogen and oxygen atoms in total. The number of rotatable bonds is 13. The molecule has 34 heteroatoms. The van der Waals surface area contributed by atoms with Crippen LogP contribution in [-0.4, -0.2) is 269 Å². The number of carboxylic acid groups (broad SMARTS) is 2. The summed E-state index contributed by atoms with van der Waals surface area (Å²) < 4.78 is 35.5. The molecule has 4 amide bonds. The van der Waals surface area contributed by atoms with E-state index < -0.39 is 40.3 Å². The molecule has 0 aromatic heterocycles. The van der Waals surface area contributed by atoms with Crippen LogP contribution in [0, 0.1) is 23.7 Å². The van der Waals surface area contributed by atoms with Crippen LogP contribution in [0.25, 0.3) is 0 Å². The Morgan fingerprint density at radius 2 is 0.825 bits per heavy atom. The number of hydrogen-bond donors (Lipinski definition) is 7. The number of carboxylic acids is 1. The zero-order valence-corrected chi connectivity index (χ0v) is 73.6. The molecule has 0 saturated carbocycles. The third kappa shape index (κ3) is 49.4. The van der Waals surface area contributed by atoms with Crippen LogP contribution >= 0.6 is 0 Å². The Labute approximate surface area is 699 Å². The number of ether oxygens (including phenoxy) is 7. The number of aliphatic carboxylic acids is 1. The van der Waals surface area contributed by atoms with Gasteiger partial charge < -0.3 is 105 Å². The van der Waals surface area contributed by atoms with E-state index in [0.717, 1.165) is 194 Å². The largest absolute Gasteiger partial charge is 1.00 e. The van der Waals surface area contributed by atoms with Crippen LogP contribution in [0.3, 0.4) is 0 Å². The van der Waals surface area contributed by atoms with E-state index in [4.69, 9.17) is 54.9 Å². The number of aldehydes is 2. The quantitative estimate of drug-likeness (QED) is 0.0184. The van der Waals surface area contributed by atoms with Gasteiger partial charge in [0.2, 0.25) is 0 Å². The van der Waals surface area contributed by atoms with Gasteiger partial charge in [0.1, 0.15) is 35.0 Å². The third-order valence-electron chi connectivity index (χ3n) is 19.1. The van der Waals surface area contributed by atoms with E-state index in [9.17, 15) is 47.9 Å². The van der Waals surface area contributed by atoms with Crippen LogP contribution in [0.15, 0.2) is 42.5 Å². The molecular weight excluding hydrogens is 1490 g/mol. The maximum absolute atomic E-state index is 12.2. The zero-order chi connectivity index (χ0) is 83.9. The van der Waals surface area contributed by atoms with E-state index >= 15 is 0 Å². The number of allylic oxidation sites excluding steroid dienone is 2. The summed E-state index contributed by atoms with van der Waals surface area (Å²) in [5.41, 5.74) is 5.41. The number of nitrogens with one attached hydrogen (secondary N) is 1. The van der Waals surface area contributed by atoms with E-state index in [1.807, 2.05) is 116 Å². The molecule has 0 bridgehead atoms. The number of hydrogen-bond acceptors (Lipinski definition) is 27. The minimum absolute atomic E-state index is 0. The van der Waals surface area contributed by atoms with Gasteiger partial charge in [-0.05, 0) is 237 Å². The van der Waals surface area contributed by atoms with Gasteiger partial charge in [0.25, 0.3) is 6.47 Å². The van der Waals surface area contributed by atoms with Crippen molar-refractivity contribution in [3.8, 4) is 0 Å². The number of benzene rings is 1. The fraction of sp³-hybridized carbons (Fsp3) is 0.762. The average molecular weight is 1640 g/mol. The monoisotopic (exact) mass is 1640 g/mol. The number of piperidine rings is 2. The molecule has 5 atom stereocenters. The van der Waals surface area contributed by atoms with Gasteiger partial charge in [0.15, 0.2) is 0 Å². The maximum Gasteiger partial charge on any atom is 1.00 e. The van der Waals surface area contributed by atoms with Crippen LogP contribution in [0.1, 0.15) is 230 Å². The smallest absolute Gasteiger partial charge is 0.870 e. The van der Waals surface area contributed by atoms with Crippen LogP contribution in [-0.2, 0) is 71.8 Å². The number of amides is 4. The molecule has 652 valence electrons. The first-order valence-electron chi connectivity index (χ1n) is 39.2. The van der Waals surface area contributed by atoms with Crippen molar-refractivity contribution < 1.29 is 147 Å². The molecule has 6 aliphatic heterocycles. The summed E-state index contributed by atoms with van der Waals surface area (Å²) in [7, 11) is 4.12. The van der Waals surface area contributed by atoms with E-state index in [-0.39, 0.29) is 121 Å². The predicted octanol–water partition coefficient (Wildman–Crippen LogP) is 8.81. The number of nitrogens with two attached hydrogens (primary N) is 1. The van der Waals surface area contributed by atoms with E-state index in [1.54, 1.807) is 4.90 Å². The Kier molecular flexibility index (Phi) is 58.6. The first-order chi connectivity index (χ1) is 52.2. The summed E-state index contributed by atoms with van der Waals surface area (Å²) in [4.78, 5) is 133. The van der Waals surface area contributed by atoms with Crippen molar-refractivity contribution in [3.05, 3.63) is 48.0 Å². The van der Waals surface area contributed by atoms with Crippen molar-refractivity contribution in [2.75, 3.05) is 99.9 Å². The average Bonchev–Trinajstić information content (AvgIpc) is 1.29. The number of methoxy groups -OCH3 is 3. The molecule has 7 aliphatic rings. The Morgan fingerprint density at radius 3 is 1.17 bits per heavy atom. The topological polar surface area (TPSA) is 465 Å². The number of likely N-dealkylation sites (tertiary alicyclic amines) is 6. The van der Waals surface area contributed by atoms with Gasteiger partial charge in [-0.25, -0.2) is 29.7 Å². The fourth-order valence-corrected chi connectivity index (χ4v) is 13.3. The summed E-state index contributed by atoms with van der Waals surface area (Å²) in [5.74, 6) is -1.96. The molecule has 1 aromatic rings. The van der Waals surface area contributed by atoms with E-state index in [1.165, 1.54) is 26.9 Å². The van der Waals surface area contributed by atoms with Crippen molar-refractivity contribution >= 4 is 67.3 Å². The first-order valence-corrected chi connectivity index (χ1v) is 39.2. The van der Waals surface area contributed by atoms with Gasteiger partial charge in [0.05, 0.1) is 45.0 Å². The number of esters is 3. The maximum atomic E-state index is 12.2. The van der Waals surface area contributed by atoms with Crippen LogP contribution in [0.2, 0.25) is 0 Å². The van der Waals surface area contributed by atoms with Gasteiger partial charge in [0, 0.05) is 95.4 Å². The van der Waals surface area contributed by atoms with Gasteiger partial charge in [-0.1, -0.05) is 47.5 Å². The molecule has 0 radical (unpaired) electrons. The predicted molar refractivity (Wildman–Crippen MR) is 425 cm³/mol. The second-order valence-corrected chi connectivity index (χ2v) is 32.5. The number of carbonyl (C=O) groups is 11. The molecule has 114 heavy (non-hydrogen) atoms. The zero-order valence-electron chi connectivity index (χ0n) is 71.6. The fourth-order valence-electron chi connectivity index (χ4n) is 13.3. The molecule has 8 rings (SSSR count). The minimum Gasteiger partial charge on any atom is -0.870 e. The van der Waals surface area contributed by atoms with Crippen molar-refractivity contribution in [1.82, 2.24) is 40.9 Å². The third-order valence-corrected chi connectivity index (χ3v) is 19.1. The van der Waals surface area contributed by atoms with Crippen LogP contribution in [0.5, 0.6) is 0 Å². The van der Waals surface area contributed by atoms with Gasteiger partial charge in [-0.15, -0.1) is 0 Å². The van der Waals surface area contributed by atoms with E-state index in [0.29, 0.717) is 36.7 Å². The molecular formula is C80H142N9NaO24. The summed E-state index contributed by atoms with van der Waals surface area (Å²) in [5, 5.41) is 35.2. The summed E-state index contributed by atoms with van der Waals surface area (Å²) in [6.07, 6.45) is 21.4. The minimum atomic E-state index is -0.665. The van der Waals surface area contributed by atoms with Gasteiger partial charge in [-0.2, -0.15) is 0 Å². The summed E-state index contributed by atoms with van der Waals surface area (Å²) in [6, 6.07) is 12.5. The number of nitrogens with zero attached hydrogens (tertiary/aromatic N) is 6. The first kappa shape index (κ1) is 112. The Hall–Kier alpha value is -6.63. The molecule has 11 N–H and O–H groups in total. The summed E-state index contributed by atoms with van der Waals surface area (Å²) >= 11 is 0. The van der Waals surface area contributed by atoms with Crippen molar-refractivity contribution in [2.45, 2.75) is 271 Å². The van der Waals surface area contributed by atoms with Gasteiger partial charge >= 0.3 is 77.8 Å². The molecule has 1 aliphatic carbocycles. The Balaban J connectivity index is -0.00000130. The SMILES string of the molecule is CC(C)(C)OC(=O)N1CCC[C@H](N)CC1.CC(C)(C)OC(=O)N1CCC[C@H](N2CCC(C(=O)O)CC2)CC1.COC(=O)C(CC=O)CC=O.COC(=O)C1CC=CC1.COC(=O)C1CCN([C@H]2CCCN(C(=O)OC(C)(C)C)CC2)CC1.C[C@@H](N[C@H]1CCCN(C(=O)OC(C)(C)C)CC1)c1ccccc1.N.O=CO.OOO.[Na+].[OH-]. The normalized spacial score (nSPS) is 20.0. The summed E-state index contributed by atoms with van der Waals surface area (Å²) in [6.45, 7) is 34.3. The molecule has 0 spiro atoms. The van der Waals surface area contributed by atoms with Crippen LogP contribution < -0.4 is 46.8 Å². The van der Waals surface area contributed by atoms with Gasteiger partial charge in [-0.3, -0.25) is 24.0 Å². The van der Waals surface area contributed by atoms with Crippen molar-refractivity contribution in [1.29, 1.82) is 0 Å². The van der Waals surface area contributed by atoms with Crippen molar-refractivity contribution in [2.24, 2.45) is 29.4 Å². The Morgan fingerprint density at radius 1 is 0.491 bits per heavy atom. The van der Waals surface area contributed by atoms with Crippen molar-refractivity contribution in [3.63, 3.8) is 0 Å². The molecule has 6 fully saturated rings. The molecule has 0 unspecified atom stereocenters. The molecule has 1 aromatic carbocycles. The standard InChI is InChI=1S/C19H30N2O2.C18H32N2O4.C17H30N2O4.C11H22N2O2.C7H10O4.C7H10O2.CH2O2.H3N.Na.H2O3.H2O/c1-15(16-9-6-5-7-10-16)20-17-11-8-13-21(14-12-17)18(22)23-19(2,3)4;1-18(2,3)24-17(22)20-10-5-6-15(9-13-20)19-11-7-14(8-12-19)16(21)23-4;1-17(2,3)23-16(22)19-9-4-5-14(8-12-19)18-10-6-13(7-11-18)15(20)21;1-11(2,3)15-10(14)13-7-4-5-9(12)6-8-13;1-11-7(10)6(2-4-8)3-5-9;1-9-7(8)6-4-2-3-5-6;2-1-3;;;1-3-2;/h5-7,9-10,15,17,20H,8,11-14H2,1-4H3;14-15H,5-13H2,1-4H3;13-14H,4-12H2,1-3H3,(H,20,21);9H,4-8,12H2,1-3H3;4-6H,2-3H2,1H3;2-3,6H,4-5H2,1H3;1H,(H,2,3);1H3;;1-2H;1H2/q;;;;;;;;+1;;/p-1/t15-,17+;15-;14-;9-;;;;;;;/m1000......./s1. The number of carbonyl (C=O) groups excluding carboxylic acids is 9.